The number of fused-ring (bicyclic) bond motifs is 3. The van der Waals surface area contributed by atoms with Crippen molar-refractivity contribution in [1.82, 2.24) is 4.98 Å². The number of nitrogens with one attached hydrogen (secondary N) is 1. The Balaban J connectivity index is 1.56. The number of H-pyrrole nitrogens is 1. The van der Waals surface area contributed by atoms with Crippen molar-refractivity contribution in [2.45, 2.75) is 78.1 Å². The van der Waals surface area contributed by atoms with Crippen LogP contribution in [0.15, 0.2) is 36.4 Å². The van der Waals surface area contributed by atoms with Crippen LogP contribution in [0.3, 0.4) is 0 Å². The zero-order valence-electron chi connectivity index (χ0n) is 16.0. The predicted molar refractivity (Wildman–Crippen MR) is 111 cm³/mol. The van der Waals surface area contributed by atoms with Crippen LogP contribution in [-0.2, 0) is 6.42 Å². The number of unbranched alkanes of at least 4 members (excludes halogenated alkanes) is 8. The van der Waals surface area contributed by atoms with Crippen LogP contribution >= 0.6 is 0 Å². The second kappa shape index (κ2) is 9.08. The Morgan fingerprint density at radius 1 is 0.720 bits per heavy atom. The van der Waals surface area contributed by atoms with E-state index < -0.39 is 0 Å². The molecule has 1 aromatic heterocycles. The van der Waals surface area contributed by atoms with E-state index in [1.807, 2.05) is 0 Å². The molecule has 0 amide bonds. The van der Waals surface area contributed by atoms with Crippen LogP contribution in [0.25, 0.3) is 21.8 Å². The van der Waals surface area contributed by atoms with Crippen LogP contribution in [0, 0.1) is 6.92 Å². The van der Waals surface area contributed by atoms with Gasteiger partial charge in [-0.25, -0.2) is 0 Å². The normalized spacial score (nSPS) is 11.6. The molecular weight excluding hydrogens is 302 g/mol. The first-order valence-electron chi connectivity index (χ1n) is 10.3. The highest BCUT2D eigenvalue weighted by molar-refractivity contribution is 6.08. The molecule has 25 heavy (non-hydrogen) atoms. The Labute approximate surface area is 152 Å². The molecule has 134 valence electrons. The lowest BCUT2D eigenvalue weighted by atomic mass is 9.98. The van der Waals surface area contributed by atoms with E-state index in [2.05, 4.69) is 55.2 Å². The zero-order valence-corrected chi connectivity index (χ0v) is 16.0. The summed E-state index contributed by atoms with van der Waals surface area (Å²) in [6.07, 6.45) is 13.7. The highest BCUT2D eigenvalue weighted by Crippen LogP contribution is 2.30. The van der Waals surface area contributed by atoms with Crippen LogP contribution in [0.4, 0.5) is 0 Å². The number of rotatable bonds is 10. The molecule has 0 fully saturated rings. The number of aromatic nitrogens is 1. The highest BCUT2D eigenvalue weighted by Gasteiger charge is 2.10. The minimum atomic E-state index is 1.20. The average molecular weight is 336 g/mol. The Hall–Kier alpha value is -1.76. The summed E-state index contributed by atoms with van der Waals surface area (Å²) in [5, 5.41) is 2.73. The molecule has 0 aliphatic rings. The lowest BCUT2D eigenvalue weighted by Gasteiger charge is -2.08. The molecule has 0 radical (unpaired) electrons. The van der Waals surface area contributed by atoms with Crippen LogP contribution in [-0.4, -0.2) is 4.98 Å². The van der Waals surface area contributed by atoms with Crippen molar-refractivity contribution < 1.29 is 0 Å². The van der Waals surface area contributed by atoms with Gasteiger partial charge in [0.2, 0.25) is 0 Å². The van der Waals surface area contributed by atoms with E-state index in [0.29, 0.717) is 0 Å². The molecule has 0 bridgehead atoms. The van der Waals surface area contributed by atoms with E-state index in [0.717, 1.165) is 0 Å². The van der Waals surface area contributed by atoms with Gasteiger partial charge in [-0.2, -0.15) is 0 Å². The molecule has 3 aromatic rings. The fourth-order valence-electron chi connectivity index (χ4n) is 4.02. The topological polar surface area (TPSA) is 15.8 Å². The maximum absolute atomic E-state index is 3.67. The molecular formula is C24H33N. The summed E-state index contributed by atoms with van der Waals surface area (Å²) in [6, 6.07) is 13.2. The third-order valence-corrected chi connectivity index (χ3v) is 5.55. The van der Waals surface area contributed by atoms with Gasteiger partial charge in [-0.3, -0.25) is 0 Å². The first kappa shape index (κ1) is 18.0. The molecule has 0 spiro atoms. The van der Waals surface area contributed by atoms with E-state index in [-0.39, 0.29) is 0 Å². The third kappa shape index (κ3) is 4.45. The van der Waals surface area contributed by atoms with E-state index in [1.165, 1.54) is 97.1 Å². The van der Waals surface area contributed by atoms with Gasteiger partial charge in [-0.15, -0.1) is 0 Å². The fraction of sp³-hybridized carbons (Fsp3) is 0.500. The second-order valence-corrected chi connectivity index (χ2v) is 7.53. The number of aromatic amines is 1. The summed E-state index contributed by atoms with van der Waals surface area (Å²) >= 11 is 0. The maximum Gasteiger partial charge on any atom is 0.0500 e. The molecule has 1 nitrogen and oxygen atoms in total. The summed E-state index contributed by atoms with van der Waals surface area (Å²) in [6.45, 7) is 4.55. The van der Waals surface area contributed by atoms with Crippen LogP contribution in [0.5, 0.6) is 0 Å². The van der Waals surface area contributed by atoms with Gasteiger partial charge in [0.25, 0.3) is 0 Å². The Morgan fingerprint density at radius 2 is 1.40 bits per heavy atom. The molecule has 0 saturated carbocycles. The van der Waals surface area contributed by atoms with Gasteiger partial charge in [0.05, 0.1) is 0 Å². The summed E-state index contributed by atoms with van der Waals surface area (Å²) in [7, 11) is 0. The average Bonchev–Trinajstić information content (AvgIpc) is 3.00. The maximum atomic E-state index is 3.67. The SMILES string of the molecule is CCCCCCCCCCCc1c(C)ccc2c1[nH]c1ccccc12. The summed E-state index contributed by atoms with van der Waals surface area (Å²) in [4.78, 5) is 3.67. The molecule has 0 aliphatic heterocycles. The van der Waals surface area contributed by atoms with E-state index in [1.54, 1.807) is 0 Å². The van der Waals surface area contributed by atoms with Crippen LogP contribution in [0.1, 0.15) is 75.8 Å². The number of hydrogen-bond donors (Lipinski definition) is 1. The van der Waals surface area contributed by atoms with Crippen LogP contribution in [0.2, 0.25) is 0 Å². The van der Waals surface area contributed by atoms with Gasteiger partial charge in [0.1, 0.15) is 0 Å². The lowest BCUT2D eigenvalue weighted by Crippen LogP contribution is -1.92. The van der Waals surface area contributed by atoms with Crippen molar-refractivity contribution in [2.75, 3.05) is 0 Å². The molecule has 0 atom stereocenters. The van der Waals surface area contributed by atoms with E-state index in [9.17, 15) is 0 Å². The number of hydrogen-bond acceptors (Lipinski definition) is 0. The van der Waals surface area contributed by atoms with Gasteiger partial charge in [-0.05, 0) is 37.0 Å². The Morgan fingerprint density at radius 3 is 2.16 bits per heavy atom. The molecule has 2 aromatic carbocycles. The second-order valence-electron chi connectivity index (χ2n) is 7.53. The van der Waals surface area contributed by atoms with Crippen molar-refractivity contribution >= 4 is 21.8 Å². The molecule has 3 rings (SSSR count). The van der Waals surface area contributed by atoms with Gasteiger partial charge < -0.3 is 4.98 Å². The van der Waals surface area contributed by atoms with Crippen LogP contribution < -0.4 is 0 Å². The monoisotopic (exact) mass is 335 g/mol. The molecule has 1 heterocycles. The van der Waals surface area contributed by atoms with Gasteiger partial charge in [-0.1, -0.05) is 88.6 Å². The zero-order chi connectivity index (χ0) is 17.5. The summed E-state index contributed by atoms with van der Waals surface area (Å²) in [5.74, 6) is 0. The largest absolute Gasteiger partial charge is 0.354 e. The standard InChI is InChI=1S/C24H33N/c1-3-4-5-6-7-8-9-10-11-14-20-19(2)17-18-22-21-15-12-13-16-23(21)25-24(20)22/h12-13,15-18,25H,3-11,14H2,1-2H3. The summed E-state index contributed by atoms with van der Waals surface area (Å²) in [5.41, 5.74) is 5.58. The molecule has 0 unspecified atom stereocenters. The molecule has 0 saturated heterocycles. The Kier molecular flexibility index (Phi) is 6.55. The first-order valence-corrected chi connectivity index (χ1v) is 10.3. The lowest BCUT2D eigenvalue weighted by molar-refractivity contribution is 0.565. The van der Waals surface area contributed by atoms with Crippen molar-refractivity contribution in [1.29, 1.82) is 0 Å². The highest BCUT2D eigenvalue weighted by atomic mass is 14.7. The van der Waals surface area contributed by atoms with E-state index >= 15 is 0 Å². The van der Waals surface area contributed by atoms with Crippen molar-refractivity contribution in [2.24, 2.45) is 0 Å². The number of benzene rings is 2. The fourth-order valence-corrected chi connectivity index (χ4v) is 4.02. The van der Waals surface area contributed by atoms with Gasteiger partial charge in [0.15, 0.2) is 0 Å². The van der Waals surface area contributed by atoms with Crippen molar-refractivity contribution in [3.63, 3.8) is 0 Å². The van der Waals surface area contributed by atoms with Crippen molar-refractivity contribution in [3.8, 4) is 0 Å². The summed E-state index contributed by atoms with van der Waals surface area (Å²) < 4.78 is 0. The third-order valence-electron chi connectivity index (χ3n) is 5.55. The van der Waals surface area contributed by atoms with Gasteiger partial charge >= 0.3 is 0 Å². The quantitative estimate of drug-likeness (QED) is 0.365. The minimum Gasteiger partial charge on any atom is -0.354 e. The number of para-hydroxylation sites is 1. The Bertz CT molecular complexity index is 796. The van der Waals surface area contributed by atoms with Crippen molar-refractivity contribution in [3.05, 3.63) is 47.5 Å². The molecule has 1 heteroatoms. The number of aryl methyl sites for hydroxylation is 2. The molecule has 0 aliphatic carbocycles. The molecule has 1 N–H and O–H groups in total. The van der Waals surface area contributed by atoms with Gasteiger partial charge in [0, 0.05) is 21.8 Å². The smallest absolute Gasteiger partial charge is 0.0500 e. The van der Waals surface area contributed by atoms with E-state index in [4.69, 9.17) is 0 Å². The predicted octanol–water partition coefficient (Wildman–Crippen LogP) is 7.70. The minimum absolute atomic E-state index is 1.20. The first-order chi connectivity index (χ1) is 12.3.